The van der Waals surface area contributed by atoms with Crippen molar-refractivity contribution in [3.63, 3.8) is 0 Å². The minimum absolute atomic E-state index is 0.00325. The van der Waals surface area contributed by atoms with Crippen LogP contribution in [0.25, 0.3) is 0 Å². The van der Waals surface area contributed by atoms with Crippen molar-refractivity contribution in [1.82, 2.24) is 0 Å². The van der Waals surface area contributed by atoms with Crippen molar-refractivity contribution in [3.8, 4) is 0 Å². The second-order valence-electron chi connectivity index (χ2n) is 13.2. The van der Waals surface area contributed by atoms with Crippen molar-refractivity contribution in [1.29, 1.82) is 0 Å². The van der Waals surface area contributed by atoms with Gasteiger partial charge >= 0.3 is 0 Å². The van der Waals surface area contributed by atoms with Crippen molar-refractivity contribution in [2.75, 3.05) is 33.0 Å². The molecule has 5 atom stereocenters. The van der Waals surface area contributed by atoms with E-state index in [1.165, 1.54) is 44.9 Å². The molecule has 0 aliphatic carbocycles. The van der Waals surface area contributed by atoms with Crippen LogP contribution in [-0.2, 0) is 28.5 Å². The Hall–Kier alpha value is -0.530. The normalized spacial score (nSPS) is 21.7. The second kappa shape index (κ2) is 19.6. The third-order valence-corrected chi connectivity index (χ3v) is 8.67. The third kappa shape index (κ3) is 13.2. The smallest absolute Gasteiger partial charge is 0.164 e. The molecule has 0 radical (unpaired) electrons. The summed E-state index contributed by atoms with van der Waals surface area (Å²) in [6.07, 6.45) is 11.6. The van der Waals surface area contributed by atoms with Crippen molar-refractivity contribution >= 4 is 5.78 Å². The lowest BCUT2D eigenvalue weighted by Gasteiger charge is -2.40. The van der Waals surface area contributed by atoms with E-state index in [1.807, 2.05) is 34.6 Å². The van der Waals surface area contributed by atoms with Gasteiger partial charge in [0, 0.05) is 31.5 Å². The average molecular weight is 571 g/mol. The summed E-state index contributed by atoms with van der Waals surface area (Å²) in [4.78, 5) is 12.9. The molecule has 0 N–H and O–H groups in total. The Morgan fingerprint density at radius 1 is 0.825 bits per heavy atom. The SMILES string of the molecule is CCCCCCCCCCCC(=O)C(C)(C)OCC(C)OCC(C1OCC(C(C)C)[C@@H]1OCC)C(C)(C)OCC. The van der Waals surface area contributed by atoms with Crippen LogP contribution in [0.5, 0.6) is 0 Å². The molecule has 1 heterocycles. The van der Waals surface area contributed by atoms with Gasteiger partial charge in [-0.1, -0.05) is 72.1 Å². The molecule has 6 heteroatoms. The summed E-state index contributed by atoms with van der Waals surface area (Å²) in [5.74, 6) is 0.998. The van der Waals surface area contributed by atoms with Gasteiger partial charge in [0.05, 0.1) is 43.7 Å². The number of unbranched alkanes of at least 4 members (excludes halogenated alkanes) is 8. The topological polar surface area (TPSA) is 63.2 Å². The lowest BCUT2D eigenvalue weighted by molar-refractivity contribution is -0.161. The first-order valence-electron chi connectivity index (χ1n) is 16.6. The molecule has 4 unspecified atom stereocenters. The molecule has 40 heavy (non-hydrogen) atoms. The second-order valence-corrected chi connectivity index (χ2v) is 13.2. The van der Waals surface area contributed by atoms with Gasteiger partial charge in [0.1, 0.15) is 5.60 Å². The highest BCUT2D eigenvalue weighted by molar-refractivity contribution is 5.86. The zero-order valence-electron chi connectivity index (χ0n) is 28.0. The van der Waals surface area contributed by atoms with Gasteiger partial charge in [0.15, 0.2) is 5.78 Å². The molecule has 0 aromatic carbocycles. The van der Waals surface area contributed by atoms with Crippen LogP contribution in [-0.4, -0.2) is 68.3 Å². The Labute approximate surface area is 248 Å². The summed E-state index contributed by atoms with van der Waals surface area (Å²) < 4.78 is 31.3. The third-order valence-electron chi connectivity index (χ3n) is 8.67. The fraction of sp³-hybridized carbons (Fsp3) is 0.971. The van der Waals surface area contributed by atoms with Crippen LogP contribution in [0.1, 0.15) is 133 Å². The van der Waals surface area contributed by atoms with Gasteiger partial charge < -0.3 is 23.7 Å². The van der Waals surface area contributed by atoms with E-state index in [-0.39, 0.29) is 30.0 Å². The maximum Gasteiger partial charge on any atom is 0.164 e. The lowest BCUT2D eigenvalue weighted by Crippen LogP contribution is -2.50. The monoisotopic (exact) mass is 570 g/mol. The molecule has 0 spiro atoms. The Morgan fingerprint density at radius 3 is 1.98 bits per heavy atom. The highest BCUT2D eigenvalue weighted by Crippen LogP contribution is 2.38. The van der Waals surface area contributed by atoms with Crippen molar-refractivity contribution in [2.45, 2.75) is 163 Å². The predicted molar refractivity (Wildman–Crippen MR) is 165 cm³/mol. The summed E-state index contributed by atoms with van der Waals surface area (Å²) >= 11 is 0. The number of ether oxygens (including phenoxy) is 5. The number of Topliss-reactive ketones (excluding diaryl/α,β-unsaturated/α-hetero) is 1. The van der Waals surface area contributed by atoms with Gasteiger partial charge in [-0.2, -0.15) is 0 Å². The molecule has 1 aliphatic heterocycles. The molecule has 0 bridgehead atoms. The highest BCUT2D eigenvalue weighted by atomic mass is 16.6. The van der Waals surface area contributed by atoms with E-state index in [9.17, 15) is 4.79 Å². The number of ketones is 1. The predicted octanol–water partition coefficient (Wildman–Crippen LogP) is 8.18. The standard InChI is InChI=1S/C34H66O6/c1-11-14-15-16-17-18-19-20-21-22-30(35)34(9,10)40-23-27(6)37-25-29(33(7,8)39-13-3)32-31(36-12-2)28(24-38-32)26(4)5/h26-29,31-32H,11-25H2,1-10H3/t27?,28?,29?,31-,32?/m0/s1. The van der Waals surface area contributed by atoms with Gasteiger partial charge in [0.25, 0.3) is 0 Å². The highest BCUT2D eigenvalue weighted by Gasteiger charge is 2.48. The molecule has 1 rings (SSSR count). The van der Waals surface area contributed by atoms with Gasteiger partial charge in [0.2, 0.25) is 0 Å². The van der Waals surface area contributed by atoms with Crippen LogP contribution >= 0.6 is 0 Å². The quantitative estimate of drug-likeness (QED) is 0.109. The molecule has 0 aromatic rings. The first-order chi connectivity index (χ1) is 18.9. The van der Waals surface area contributed by atoms with E-state index in [0.717, 1.165) is 12.8 Å². The molecular weight excluding hydrogens is 504 g/mol. The van der Waals surface area contributed by atoms with E-state index in [0.29, 0.717) is 51.3 Å². The van der Waals surface area contributed by atoms with Crippen LogP contribution in [0.3, 0.4) is 0 Å². The Morgan fingerprint density at radius 2 is 1.43 bits per heavy atom. The van der Waals surface area contributed by atoms with Gasteiger partial charge in [-0.15, -0.1) is 0 Å². The number of rotatable bonds is 24. The van der Waals surface area contributed by atoms with E-state index >= 15 is 0 Å². The molecule has 238 valence electrons. The van der Waals surface area contributed by atoms with E-state index in [4.69, 9.17) is 23.7 Å². The summed E-state index contributed by atoms with van der Waals surface area (Å²) in [6, 6.07) is 0. The first-order valence-corrected chi connectivity index (χ1v) is 16.6. The fourth-order valence-corrected chi connectivity index (χ4v) is 5.77. The molecular formula is C34H66O6. The number of carbonyl (C=O) groups excluding carboxylic acids is 1. The Kier molecular flexibility index (Phi) is 18.4. The van der Waals surface area contributed by atoms with E-state index < -0.39 is 11.2 Å². The van der Waals surface area contributed by atoms with Crippen LogP contribution in [0.2, 0.25) is 0 Å². The van der Waals surface area contributed by atoms with Crippen molar-refractivity contribution in [3.05, 3.63) is 0 Å². The number of carbonyl (C=O) groups is 1. The molecule has 0 saturated carbocycles. The molecule has 1 fully saturated rings. The van der Waals surface area contributed by atoms with Gasteiger partial charge in [-0.25, -0.2) is 0 Å². The van der Waals surface area contributed by atoms with Crippen LogP contribution in [0, 0.1) is 17.8 Å². The summed E-state index contributed by atoms with van der Waals surface area (Å²) in [5.41, 5.74) is -1.24. The summed E-state index contributed by atoms with van der Waals surface area (Å²) in [6.45, 7) is 23.6. The van der Waals surface area contributed by atoms with E-state index in [2.05, 4.69) is 34.6 Å². The zero-order chi connectivity index (χ0) is 30.2. The summed E-state index contributed by atoms with van der Waals surface area (Å²) in [5, 5.41) is 0. The van der Waals surface area contributed by atoms with Gasteiger partial charge in [-0.05, 0) is 60.8 Å². The number of hydrogen-bond acceptors (Lipinski definition) is 6. The maximum atomic E-state index is 12.9. The number of hydrogen-bond donors (Lipinski definition) is 0. The summed E-state index contributed by atoms with van der Waals surface area (Å²) in [7, 11) is 0. The maximum absolute atomic E-state index is 12.9. The Bertz CT molecular complexity index is 661. The molecule has 1 saturated heterocycles. The largest absolute Gasteiger partial charge is 0.376 e. The minimum atomic E-state index is -0.805. The van der Waals surface area contributed by atoms with Crippen LogP contribution in [0.4, 0.5) is 0 Å². The fourth-order valence-electron chi connectivity index (χ4n) is 5.77. The first kappa shape index (κ1) is 37.5. The molecule has 6 nitrogen and oxygen atoms in total. The van der Waals surface area contributed by atoms with Crippen LogP contribution < -0.4 is 0 Å². The van der Waals surface area contributed by atoms with Crippen molar-refractivity contribution in [2.24, 2.45) is 17.8 Å². The molecule has 0 amide bonds. The Balaban J connectivity index is 2.58. The van der Waals surface area contributed by atoms with Gasteiger partial charge in [-0.3, -0.25) is 4.79 Å². The minimum Gasteiger partial charge on any atom is -0.376 e. The lowest BCUT2D eigenvalue weighted by atomic mass is 9.80. The van der Waals surface area contributed by atoms with E-state index in [1.54, 1.807) is 0 Å². The van der Waals surface area contributed by atoms with Crippen LogP contribution in [0.15, 0.2) is 0 Å². The zero-order valence-corrected chi connectivity index (χ0v) is 28.0. The molecule has 1 aliphatic rings. The van der Waals surface area contributed by atoms with Crippen molar-refractivity contribution < 1.29 is 28.5 Å². The average Bonchev–Trinajstić information content (AvgIpc) is 3.30. The molecule has 0 aromatic heterocycles.